The van der Waals surface area contributed by atoms with Gasteiger partial charge in [-0.1, -0.05) is 17.7 Å². The van der Waals surface area contributed by atoms with Gasteiger partial charge in [0.25, 0.3) is 5.91 Å². The average Bonchev–Trinajstić information content (AvgIpc) is 3.53. The van der Waals surface area contributed by atoms with Gasteiger partial charge >= 0.3 is 0 Å². The molecule has 1 saturated carbocycles. The van der Waals surface area contributed by atoms with Gasteiger partial charge in [-0.15, -0.1) is 0 Å². The van der Waals surface area contributed by atoms with Gasteiger partial charge in [-0.05, 0) is 43.0 Å². The zero-order valence-electron chi connectivity index (χ0n) is 17.4. The van der Waals surface area contributed by atoms with Gasteiger partial charge in [0.1, 0.15) is 11.4 Å². The van der Waals surface area contributed by atoms with Crippen LogP contribution in [0, 0.1) is 0 Å². The molecule has 2 fully saturated rings. The van der Waals surface area contributed by atoms with Crippen molar-refractivity contribution in [2.75, 3.05) is 39.5 Å². The Morgan fingerprint density at radius 3 is 2.83 bits per heavy atom. The molecule has 0 atom stereocenters. The molecule has 1 saturated heterocycles. The lowest BCUT2D eigenvalue weighted by Crippen LogP contribution is -2.37. The highest BCUT2D eigenvalue weighted by atomic mass is 35.5. The normalized spacial score (nSPS) is 17.1. The first-order chi connectivity index (χ1) is 14.6. The van der Waals surface area contributed by atoms with Crippen LogP contribution in [0.3, 0.4) is 0 Å². The van der Waals surface area contributed by atoms with Crippen molar-refractivity contribution in [2.24, 2.45) is 7.05 Å². The van der Waals surface area contributed by atoms with E-state index < -0.39 is 0 Å². The van der Waals surface area contributed by atoms with Crippen molar-refractivity contribution in [3.8, 4) is 5.75 Å². The first-order valence-electron chi connectivity index (χ1n) is 10.6. The van der Waals surface area contributed by atoms with Crippen molar-refractivity contribution in [1.29, 1.82) is 0 Å². The second-order valence-corrected chi connectivity index (χ2v) is 8.36. The van der Waals surface area contributed by atoms with Crippen molar-refractivity contribution in [2.45, 2.75) is 31.7 Å². The Morgan fingerprint density at radius 2 is 2.10 bits per heavy atom. The quantitative estimate of drug-likeness (QED) is 0.617. The van der Waals surface area contributed by atoms with E-state index in [2.05, 4.69) is 15.3 Å². The predicted molar refractivity (Wildman–Crippen MR) is 115 cm³/mol. The van der Waals surface area contributed by atoms with Gasteiger partial charge < -0.3 is 14.8 Å². The number of carbonyl (C=O) groups excluding carboxylic acids is 1. The van der Waals surface area contributed by atoms with Crippen molar-refractivity contribution >= 4 is 17.5 Å². The van der Waals surface area contributed by atoms with Crippen LogP contribution in [0.1, 0.15) is 46.9 Å². The van der Waals surface area contributed by atoms with Gasteiger partial charge in [-0.25, -0.2) is 0 Å². The highest BCUT2D eigenvalue weighted by molar-refractivity contribution is 6.32. The molecule has 2 aliphatic rings. The molecule has 1 aromatic carbocycles. The van der Waals surface area contributed by atoms with E-state index in [0.717, 1.165) is 63.4 Å². The van der Waals surface area contributed by atoms with Crippen molar-refractivity contribution in [3.05, 3.63) is 46.2 Å². The number of hydrogen-bond acceptors (Lipinski definition) is 5. The molecule has 30 heavy (non-hydrogen) atoms. The zero-order valence-corrected chi connectivity index (χ0v) is 18.2. The maximum atomic E-state index is 12.5. The van der Waals surface area contributed by atoms with Gasteiger partial charge in [0.15, 0.2) is 0 Å². The molecule has 0 radical (unpaired) electrons. The van der Waals surface area contributed by atoms with E-state index in [0.29, 0.717) is 35.5 Å². The summed E-state index contributed by atoms with van der Waals surface area (Å²) in [5.74, 6) is 1.07. The molecule has 8 heteroatoms. The zero-order chi connectivity index (χ0) is 20.9. The van der Waals surface area contributed by atoms with Crippen LogP contribution in [-0.2, 0) is 18.3 Å². The summed E-state index contributed by atoms with van der Waals surface area (Å²) in [5.41, 5.74) is 2.53. The second kappa shape index (κ2) is 9.81. The number of aryl methyl sites for hydroxylation is 1. The van der Waals surface area contributed by atoms with Crippen molar-refractivity contribution in [1.82, 2.24) is 20.0 Å². The Hall–Kier alpha value is -2.09. The van der Waals surface area contributed by atoms with E-state index in [1.54, 1.807) is 4.68 Å². The number of carbonyl (C=O) groups is 1. The summed E-state index contributed by atoms with van der Waals surface area (Å²) in [7, 11) is 1.81. The molecule has 0 spiro atoms. The topological polar surface area (TPSA) is 68.6 Å². The van der Waals surface area contributed by atoms with Gasteiger partial charge in [-0.2, -0.15) is 5.10 Å². The molecule has 4 rings (SSSR count). The van der Waals surface area contributed by atoms with E-state index in [4.69, 9.17) is 21.1 Å². The maximum absolute atomic E-state index is 12.5. The fourth-order valence-electron chi connectivity index (χ4n) is 3.62. The minimum Gasteiger partial charge on any atom is -0.492 e. The molecule has 162 valence electrons. The number of halogens is 1. The standard InChI is InChI=1S/C22H29ClN4O3/c1-26-20(14-19(25-26)17-4-5-17)22(28)24-15-16-3-6-21(18(23)13-16)30-10-2-7-27-8-11-29-12-9-27/h3,6,13-14,17H,2,4-5,7-12,15H2,1H3,(H,24,28). The molecular weight excluding hydrogens is 404 g/mol. The molecule has 1 aliphatic heterocycles. The summed E-state index contributed by atoms with van der Waals surface area (Å²) in [6.45, 7) is 5.63. The van der Waals surface area contributed by atoms with E-state index in [1.165, 1.54) is 0 Å². The summed E-state index contributed by atoms with van der Waals surface area (Å²) >= 11 is 6.38. The van der Waals surface area contributed by atoms with Crippen LogP contribution in [0.5, 0.6) is 5.75 Å². The van der Waals surface area contributed by atoms with Crippen LogP contribution in [0.25, 0.3) is 0 Å². The molecule has 1 aliphatic carbocycles. The summed E-state index contributed by atoms with van der Waals surface area (Å²) in [4.78, 5) is 14.9. The average molecular weight is 433 g/mol. The fraction of sp³-hybridized carbons (Fsp3) is 0.545. The van der Waals surface area contributed by atoms with Crippen LogP contribution in [-0.4, -0.2) is 60.0 Å². The monoisotopic (exact) mass is 432 g/mol. The number of amides is 1. The van der Waals surface area contributed by atoms with Gasteiger partial charge in [-0.3, -0.25) is 14.4 Å². The van der Waals surface area contributed by atoms with Gasteiger partial charge in [0.2, 0.25) is 0 Å². The summed E-state index contributed by atoms with van der Waals surface area (Å²) in [5, 5.41) is 7.96. The number of morpholine rings is 1. The summed E-state index contributed by atoms with van der Waals surface area (Å²) in [6, 6.07) is 7.54. The Balaban J connectivity index is 1.23. The SMILES string of the molecule is Cn1nc(C2CC2)cc1C(=O)NCc1ccc(OCCCN2CCOCC2)c(Cl)c1. The number of nitrogens with zero attached hydrogens (tertiary/aromatic N) is 3. The molecule has 1 amide bonds. The molecule has 7 nitrogen and oxygen atoms in total. The number of nitrogens with one attached hydrogen (secondary N) is 1. The van der Waals surface area contributed by atoms with Crippen LogP contribution in [0.4, 0.5) is 0 Å². The smallest absolute Gasteiger partial charge is 0.269 e. The summed E-state index contributed by atoms with van der Waals surface area (Å²) in [6.07, 6.45) is 3.28. The lowest BCUT2D eigenvalue weighted by atomic mass is 10.2. The Morgan fingerprint density at radius 1 is 1.30 bits per heavy atom. The predicted octanol–water partition coefficient (Wildman–Crippen LogP) is 2.98. The van der Waals surface area contributed by atoms with Crippen LogP contribution < -0.4 is 10.1 Å². The molecule has 0 unspecified atom stereocenters. The third-order valence-electron chi connectivity index (χ3n) is 5.56. The van der Waals surface area contributed by atoms with Crippen LogP contribution in [0.15, 0.2) is 24.3 Å². The van der Waals surface area contributed by atoms with E-state index in [9.17, 15) is 4.79 Å². The third kappa shape index (κ3) is 5.53. The van der Waals surface area contributed by atoms with E-state index >= 15 is 0 Å². The molecule has 1 N–H and O–H groups in total. The lowest BCUT2D eigenvalue weighted by molar-refractivity contribution is 0.0358. The number of aromatic nitrogens is 2. The molecule has 1 aromatic heterocycles. The third-order valence-corrected chi connectivity index (χ3v) is 5.85. The number of rotatable bonds is 9. The molecular formula is C22H29ClN4O3. The first kappa shape index (κ1) is 21.2. The number of hydrogen-bond donors (Lipinski definition) is 1. The molecule has 0 bridgehead atoms. The van der Waals surface area contributed by atoms with Crippen molar-refractivity contribution < 1.29 is 14.3 Å². The fourth-order valence-corrected chi connectivity index (χ4v) is 3.88. The highest BCUT2D eigenvalue weighted by Gasteiger charge is 2.28. The number of benzene rings is 1. The van der Waals surface area contributed by atoms with Gasteiger partial charge in [0.05, 0.1) is 30.5 Å². The number of ether oxygens (including phenoxy) is 2. The van der Waals surface area contributed by atoms with Crippen LogP contribution >= 0.6 is 11.6 Å². The Bertz CT molecular complexity index is 875. The molecule has 2 heterocycles. The van der Waals surface area contributed by atoms with Crippen molar-refractivity contribution in [3.63, 3.8) is 0 Å². The Labute approximate surface area is 182 Å². The second-order valence-electron chi connectivity index (χ2n) is 7.96. The maximum Gasteiger partial charge on any atom is 0.269 e. The minimum absolute atomic E-state index is 0.128. The largest absolute Gasteiger partial charge is 0.492 e. The lowest BCUT2D eigenvalue weighted by Gasteiger charge is -2.26. The molecule has 2 aromatic rings. The van der Waals surface area contributed by atoms with E-state index in [-0.39, 0.29) is 5.91 Å². The van der Waals surface area contributed by atoms with E-state index in [1.807, 2.05) is 31.3 Å². The first-order valence-corrected chi connectivity index (χ1v) is 11.0. The van der Waals surface area contributed by atoms with Gasteiger partial charge in [0, 0.05) is 39.1 Å². The Kier molecular flexibility index (Phi) is 6.92. The van der Waals surface area contributed by atoms with Crippen LogP contribution in [0.2, 0.25) is 5.02 Å². The summed E-state index contributed by atoms with van der Waals surface area (Å²) < 4.78 is 12.9. The minimum atomic E-state index is -0.128. The highest BCUT2D eigenvalue weighted by Crippen LogP contribution is 2.39.